The number of carbonyl (C=O) groups excluding carboxylic acids is 1. The standard InChI is InChI=1S/C26H29N3O/c1-6-29(18-11-9-10-17(2)16-18)23(30)26-15-14-25(5,24(26,3)4)21-22(26)28-20-13-8-7-12-19(20)27-21/h7-13,16H,6,14-15H2,1-5H3. The molecule has 1 saturated carbocycles. The highest BCUT2D eigenvalue weighted by Gasteiger charge is 2.73. The largest absolute Gasteiger partial charge is 0.312 e. The fourth-order valence-electron chi connectivity index (χ4n) is 5.99. The number of aryl methyl sites for hydroxylation is 1. The molecular weight excluding hydrogens is 370 g/mol. The first kappa shape index (κ1) is 19.2. The number of hydrogen-bond acceptors (Lipinski definition) is 3. The van der Waals surface area contributed by atoms with Crippen molar-refractivity contribution >= 4 is 22.6 Å². The monoisotopic (exact) mass is 399 g/mol. The molecule has 1 heterocycles. The van der Waals surface area contributed by atoms with Crippen LogP contribution in [-0.2, 0) is 15.6 Å². The maximum Gasteiger partial charge on any atom is 0.239 e. The molecule has 1 amide bonds. The van der Waals surface area contributed by atoms with Crippen LogP contribution in [0.1, 0.15) is 57.5 Å². The molecule has 2 atom stereocenters. The second-order valence-electron chi connectivity index (χ2n) is 9.66. The number of fused-ring (bicyclic) bond motifs is 6. The number of carbonyl (C=O) groups is 1. The second-order valence-corrected chi connectivity index (χ2v) is 9.66. The van der Waals surface area contributed by atoms with Gasteiger partial charge in [-0.25, -0.2) is 9.97 Å². The van der Waals surface area contributed by atoms with Crippen LogP contribution in [0.3, 0.4) is 0 Å². The van der Waals surface area contributed by atoms with Gasteiger partial charge >= 0.3 is 0 Å². The molecule has 5 rings (SSSR count). The van der Waals surface area contributed by atoms with E-state index in [2.05, 4.69) is 46.8 Å². The smallest absolute Gasteiger partial charge is 0.239 e. The predicted octanol–water partition coefficient (Wildman–Crippen LogP) is 5.32. The Balaban J connectivity index is 1.75. The first-order chi connectivity index (χ1) is 14.3. The van der Waals surface area contributed by atoms with Crippen molar-refractivity contribution in [3.05, 3.63) is 65.5 Å². The minimum atomic E-state index is -0.659. The summed E-state index contributed by atoms with van der Waals surface area (Å²) in [6, 6.07) is 16.2. The summed E-state index contributed by atoms with van der Waals surface area (Å²) in [6.45, 7) is 11.5. The van der Waals surface area contributed by atoms with E-state index in [9.17, 15) is 4.79 Å². The molecule has 0 spiro atoms. The van der Waals surface area contributed by atoms with Crippen LogP contribution in [-0.4, -0.2) is 22.4 Å². The van der Waals surface area contributed by atoms with E-state index in [0.29, 0.717) is 6.54 Å². The molecule has 3 aromatic rings. The van der Waals surface area contributed by atoms with Gasteiger partial charge in [0.2, 0.25) is 5.91 Å². The molecule has 2 unspecified atom stereocenters. The number of rotatable bonds is 3. The Bertz CT molecular complexity index is 1180. The average Bonchev–Trinajstić information content (AvgIpc) is 3.02. The lowest BCUT2D eigenvalue weighted by molar-refractivity contribution is -0.127. The Morgan fingerprint density at radius 1 is 0.967 bits per heavy atom. The minimum absolute atomic E-state index is 0.160. The number of anilines is 1. The third kappa shape index (κ3) is 2.14. The van der Waals surface area contributed by atoms with Gasteiger partial charge < -0.3 is 4.90 Å². The Morgan fingerprint density at radius 2 is 1.63 bits per heavy atom. The quantitative estimate of drug-likeness (QED) is 0.599. The van der Waals surface area contributed by atoms with E-state index < -0.39 is 5.41 Å². The topological polar surface area (TPSA) is 46.1 Å². The molecule has 0 aliphatic heterocycles. The van der Waals surface area contributed by atoms with Gasteiger partial charge in [-0.1, -0.05) is 45.0 Å². The third-order valence-corrected chi connectivity index (χ3v) is 8.18. The van der Waals surface area contributed by atoms with E-state index in [0.717, 1.165) is 46.5 Å². The highest BCUT2D eigenvalue weighted by atomic mass is 16.2. The summed E-state index contributed by atoms with van der Waals surface area (Å²) >= 11 is 0. The summed E-state index contributed by atoms with van der Waals surface area (Å²) in [5.41, 5.74) is 4.72. The van der Waals surface area contributed by atoms with E-state index in [4.69, 9.17) is 9.97 Å². The lowest BCUT2D eigenvalue weighted by atomic mass is 9.63. The molecule has 4 heteroatoms. The molecule has 2 aliphatic carbocycles. The first-order valence-electron chi connectivity index (χ1n) is 10.9. The van der Waals surface area contributed by atoms with Crippen molar-refractivity contribution in [2.75, 3.05) is 11.4 Å². The lowest BCUT2D eigenvalue weighted by Crippen LogP contribution is -2.53. The molecule has 0 saturated heterocycles. The SMILES string of the molecule is CCN(C(=O)C12CCC(C)(c3nc4ccccc4nc31)C2(C)C)c1cccc(C)c1. The summed E-state index contributed by atoms with van der Waals surface area (Å²) in [4.78, 5) is 26.5. The number of hydrogen-bond donors (Lipinski definition) is 0. The summed E-state index contributed by atoms with van der Waals surface area (Å²) < 4.78 is 0. The Kier molecular flexibility index (Phi) is 3.93. The van der Waals surface area contributed by atoms with Gasteiger partial charge in [0, 0.05) is 17.6 Å². The number of nitrogens with zero attached hydrogens (tertiary/aromatic N) is 3. The molecule has 30 heavy (non-hydrogen) atoms. The van der Waals surface area contributed by atoms with Crippen molar-refractivity contribution in [1.82, 2.24) is 9.97 Å². The molecule has 154 valence electrons. The van der Waals surface area contributed by atoms with Gasteiger partial charge in [-0.3, -0.25) is 4.79 Å². The van der Waals surface area contributed by atoms with Gasteiger partial charge in [0.05, 0.1) is 27.8 Å². The molecule has 2 aliphatic rings. The van der Waals surface area contributed by atoms with Crippen molar-refractivity contribution in [2.45, 2.75) is 58.3 Å². The van der Waals surface area contributed by atoms with Crippen molar-refractivity contribution < 1.29 is 4.79 Å². The molecule has 2 aromatic carbocycles. The van der Waals surface area contributed by atoms with Crippen LogP contribution in [0.4, 0.5) is 5.69 Å². The van der Waals surface area contributed by atoms with Gasteiger partial charge in [0.1, 0.15) is 0 Å². The Labute approximate surface area is 178 Å². The van der Waals surface area contributed by atoms with Gasteiger partial charge in [0.25, 0.3) is 0 Å². The van der Waals surface area contributed by atoms with Crippen LogP contribution in [0.5, 0.6) is 0 Å². The molecule has 4 nitrogen and oxygen atoms in total. The zero-order valence-electron chi connectivity index (χ0n) is 18.5. The second kappa shape index (κ2) is 6.13. The maximum atomic E-state index is 14.4. The van der Waals surface area contributed by atoms with Crippen molar-refractivity contribution in [1.29, 1.82) is 0 Å². The summed E-state index contributed by atoms with van der Waals surface area (Å²) in [7, 11) is 0. The zero-order valence-corrected chi connectivity index (χ0v) is 18.5. The summed E-state index contributed by atoms with van der Waals surface area (Å²) in [6.07, 6.45) is 1.77. The van der Waals surface area contributed by atoms with Crippen molar-refractivity contribution in [3.63, 3.8) is 0 Å². The van der Waals surface area contributed by atoms with E-state index in [1.807, 2.05) is 41.3 Å². The molecule has 1 fully saturated rings. The molecule has 0 radical (unpaired) electrons. The number of amides is 1. The highest BCUT2D eigenvalue weighted by molar-refractivity contribution is 6.03. The number of likely N-dealkylation sites (N-methyl/N-ethyl adjacent to an activating group) is 1. The highest BCUT2D eigenvalue weighted by Crippen LogP contribution is 2.70. The lowest BCUT2D eigenvalue weighted by Gasteiger charge is -2.42. The fraction of sp³-hybridized carbons (Fsp3) is 0.423. The number of benzene rings is 2. The molecule has 2 bridgehead atoms. The molecule has 0 N–H and O–H groups in total. The summed E-state index contributed by atoms with van der Waals surface area (Å²) in [5, 5.41) is 0. The summed E-state index contributed by atoms with van der Waals surface area (Å²) in [5.74, 6) is 0.160. The van der Waals surface area contributed by atoms with E-state index in [-0.39, 0.29) is 16.7 Å². The normalized spacial score (nSPS) is 26.0. The zero-order chi connectivity index (χ0) is 21.3. The van der Waals surface area contributed by atoms with Crippen molar-refractivity contribution in [2.24, 2.45) is 5.41 Å². The Morgan fingerprint density at radius 3 is 2.27 bits per heavy atom. The van der Waals surface area contributed by atoms with Crippen molar-refractivity contribution in [3.8, 4) is 0 Å². The Hall–Kier alpha value is -2.75. The van der Waals surface area contributed by atoms with E-state index in [1.165, 1.54) is 0 Å². The van der Waals surface area contributed by atoms with Crippen LogP contribution < -0.4 is 4.90 Å². The van der Waals surface area contributed by atoms with Gasteiger partial charge in [-0.05, 0) is 61.9 Å². The van der Waals surface area contributed by atoms with Gasteiger partial charge in [0.15, 0.2) is 0 Å². The average molecular weight is 400 g/mol. The number of aromatic nitrogens is 2. The van der Waals surface area contributed by atoms with Gasteiger partial charge in [-0.2, -0.15) is 0 Å². The third-order valence-electron chi connectivity index (χ3n) is 8.18. The van der Waals surface area contributed by atoms with Crippen LogP contribution in [0.15, 0.2) is 48.5 Å². The number of para-hydroxylation sites is 2. The van der Waals surface area contributed by atoms with Crippen LogP contribution in [0.2, 0.25) is 0 Å². The molecule has 1 aromatic heterocycles. The van der Waals surface area contributed by atoms with E-state index in [1.54, 1.807) is 0 Å². The fourth-order valence-corrected chi connectivity index (χ4v) is 5.99. The van der Waals surface area contributed by atoms with Crippen LogP contribution >= 0.6 is 0 Å². The minimum Gasteiger partial charge on any atom is -0.312 e. The van der Waals surface area contributed by atoms with E-state index >= 15 is 0 Å². The maximum absolute atomic E-state index is 14.4. The van der Waals surface area contributed by atoms with Crippen LogP contribution in [0, 0.1) is 12.3 Å². The van der Waals surface area contributed by atoms with Gasteiger partial charge in [-0.15, -0.1) is 0 Å². The first-order valence-corrected chi connectivity index (χ1v) is 10.9. The van der Waals surface area contributed by atoms with Crippen LogP contribution in [0.25, 0.3) is 11.0 Å². The molecular formula is C26H29N3O. The predicted molar refractivity (Wildman–Crippen MR) is 121 cm³/mol.